The highest BCUT2D eigenvalue weighted by atomic mass is 79.9. The van der Waals surface area contributed by atoms with Crippen molar-refractivity contribution in [2.75, 3.05) is 17.2 Å². The number of nitrogens with one attached hydrogen (secondary N) is 2. The number of anilines is 2. The van der Waals surface area contributed by atoms with E-state index in [9.17, 15) is 4.79 Å². The van der Waals surface area contributed by atoms with Crippen LogP contribution in [0.3, 0.4) is 0 Å². The molecule has 3 nitrogen and oxygen atoms in total. The summed E-state index contributed by atoms with van der Waals surface area (Å²) in [4.78, 5) is 12.4. The third-order valence-corrected chi connectivity index (χ3v) is 3.80. The summed E-state index contributed by atoms with van der Waals surface area (Å²) >= 11 is 3.42. The second kappa shape index (κ2) is 6.76. The highest BCUT2D eigenvalue weighted by molar-refractivity contribution is 9.10. The van der Waals surface area contributed by atoms with Gasteiger partial charge >= 0.3 is 0 Å². The fourth-order valence-electron chi connectivity index (χ4n) is 2.12. The Morgan fingerprint density at radius 2 is 1.81 bits per heavy atom. The van der Waals surface area contributed by atoms with Gasteiger partial charge in [-0.3, -0.25) is 4.79 Å². The Balaban J connectivity index is 2.20. The molecule has 2 aromatic carbocycles. The molecule has 21 heavy (non-hydrogen) atoms. The summed E-state index contributed by atoms with van der Waals surface area (Å²) in [6, 6.07) is 11.5. The van der Waals surface area contributed by atoms with Gasteiger partial charge in [-0.15, -0.1) is 0 Å². The molecule has 0 aliphatic heterocycles. The molecule has 0 radical (unpaired) electrons. The molecule has 0 saturated carbocycles. The molecule has 0 spiro atoms. The number of carbonyl (C=O) groups excluding carboxylic acids is 1. The van der Waals surface area contributed by atoms with Gasteiger partial charge in [0.15, 0.2) is 0 Å². The Bertz CT molecular complexity index is 668. The van der Waals surface area contributed by atoms with Crippen LogP contribution in [-0.4, -0.2) is 12.5 Å². The average Bonchev–Trinajstić information content (AvgIpc) is 2.45. The van der Waals surface area contributed by atoms with Crippen molar-refractivity contribution >= 4 is 33.2 Å². The number of aryl methyl sites for hydroxylation is 2. The third-order valence-electron chi connectivity index (χ3n) is 3.30. The van der Waals surface area contributed by atoms with E-state index in [4.69, 9.17) is 0 Å². The maximum absolute atomic E-state index is 12.4. The van der Waals surface area contributed by atoms with Gasteiger partial charge in [0.25, 0.3) is 5.91 Å². The van der Waals surface area contributed by atoms with Gasteiger partial charge in [-0.2, -0.15) is 0 Å². The minimum Gasteiger partial charge on any atom is -0.385 e. The van der Waals surface area contributed by atoms with E-state index >= 15 is 0 Å². The first-order valence-corrected chi connectivity index (χ1v) is 7.72. The summed E-state index contributed by atoms with van der Waals surface area (Å²) in [6.45, 7) is 6.89. The molecule has 4 heteroatoms. The van der Waals surface area contributed by atoms with Crippen LogP contribution in [0.4, 0.5) is 11.4 Å². The van der Waals surface area contributed by atoms with Gasteiger partial charge in [-0.05, 0) is 62.2 Å². The number of hydrogen-bond donors (Lipinski definition) is 2. The van der Waals surface area contributed by atoms with Gasteiger partial charge < -0.3 is 10.6 Å². The van der Waals surface area contributed by atoms with Crippen LogP contribution < -0.4 is 10.6 Å². The first-order valence-electron chi connectivity index (χ1n) is 6.93. The molecule has 2 aromatic rings. The van der Waals surface area contributed by atoms with E-state index in [2.05, 4.69) is 33.5 Å². The second-order valence-corrected chi connectivity index (χ2v) is 5.89. The molecule has 0 fully saturated rings. The van der Waals surface area contributed by atoms with E-state index in [1.807, 2.05) is 50.2 Å². The zero-order valence-electron chi connectivity index (χ0n) is 12.5. The van der Waals surface area contributed by atoms with Crippen molar-refractivity contribution in [3.8, 4) is 0 Å². The fourth-order valence-corrected chi connectivity index (χ4v) is 2.48. The molecule has 0 saturated heterocycles. The fraction of sp³-hybridized carbons (Fsp3) is 0.235. The lowest BCUT2D eigenvalue weighted by Crippen LogP contribution is -2.13. The first kappa shape index (κ1) is 15.6. The molecule has 110 valence electrons. The molecule has 0 aliphatic carbocycles. The summed E-state index contributed by atoms with van der Waals surface area (Å²) in [7, 11) is 0. The first-order chi connectivity index (χ1) is 10.0. The van der Waals surface area contributed by atoms with Crippen LogP contribution in [0.15, 0.2) is 40.9 Å². The van der Waals surface area contributed by atoms with Crippen molar-refractivity contribution in [1.29, 1.82) is 0 Å². The monoisotopic (exact) mass is 346 g/mol. The molecule has 0 heterocycles. The number of benzene rings is 2. The molecule has 2 rings (SSSR count). The van der Waals surface area contributed by atoms with E-state index in [0.29, 0.717) is 5.56 Å². The maximum Gasteiger partial charge on any atom is 0.255 e. The molecule has 0 aromatic heterocycles. The Morgan fingerprint density at radius 3 is 2.48 bits per heavy atom. The lowest BCUT2D eigenvalue weighted by atomic mass is 10.1. The molecular formula is C17H19BrN2O. The quantitative estimate of drug-likeness (QED) is 0.838. The Morgan fingerprint density at radius 1 is 1.05 bits per heavy atom. The van der Waals surface area contributed by atoms with Crippen LogP contribution in [0.2, 0.25) is 0 Å². The zero-order valence-corrected chi connectivity index (χ0v) is 14.0. The molecule has 0 aliphatic rings. The van der Waals surface area contributed by atoms with Crippen LogP contribution in [0, 0.1) is 13.8 Å². The van der Waals surface area contributed by atoms with Crippen molar-refractivity contribution in [1.82, 2.24) is 0 Å². The van der Waals surface area contributed by atoms with Crippen molar-refractivity contribution in [2.45, 2.75) is 20.8 Å². The molecule has 0 unspecified atom stereocenters. The molecule has 2 N–H and O–H groups in total. The molecule has 0 atom stereocenters. The maximum atomic E-state index is 12.4. The van der Waals surface area contributed by atoms with Gasteiger partial charge in [0.05, 0.1) is 0 Å². The highest BCUT2D eigenvalue weighted by Gasteiger charge is 2.09. The van der Waals surface area contributed by atoms with Gasteiger partial charge in [0, 0.05) is 28.0 Å². The summed E-state index contributed by atoms with van der Waals surface area (Å²) in [5.41, 5.74) is 4.65. The Kier molecular flexibility index (Phi) is 5.02. The minimum absolute atomic E-state index is 0.0950. The lowest BCUT2D eigenvalue weighted by molar-refractivity contribution is 0.102. The van der Waals surface area contributed by atoms with E-state index in [0.717, 1.165) is 33.5 Å². The van der Waals surface area contributed by atoms with E-state index in [1.54, 1.807) is 0 Å². The van der Waals surface area contributed by atoms with Crippen LogP contribution in [-0.2, 0) is 0 Å². The number of hydrogen-bond acceptors (Lipinski definition) is 2. The third kappa shape index (κ3) is 3.85. The number of carbonyl (C=O) groups is 1. The standard InChI is InChI=1S/C17H19BrN2O/c1-4-19-15-8-6-13(9-12(15)3)17(21)20-16-10-14(18)7-5-11(16)2/h5-10,19H,4H2,1-3H3,(H,20,21). The van der Waals surface area contributed by atoms with Crippen molar-refractivity contribution in [3.05, 3.63) is 57.6 Å². The van der Waals surface area contributed by atoms with Crippen molar-refractivity contribution < 1.29 is 4.79 Å². The summed E-state index contributed by atoms with van der Waals surface area (Å²) < 4.78 is 0.946. The van der Waals surface area contributed by atoms with Crippen molar-refractivity contribution in [2.24, 2.45) is 0 Å². The van der Waals surface area contributed by atoms with Gasteiger partial charge in [-0.1, -0.05) is 22.0 Å². The predicted octanol–water partition coefficient (Wildman–Crippen LogP) is 4.75. The summed E-state index contributed by atoms with van der Waals surface area (Å²) in [5, 5.41) is 6.23. The predicted molar refractivity (Wildman–Crippen MR) is 92.2 cm³/mol. The summed E-state index contributed by atoms with van der Waals surface area (Å²) in [6.07, 6.45) is 0. The average molecular weight is 347 g/mol. The Hall–Kier alpha value is -1.81. The van der Waals surface area contributed by atoms with Crippen LogP contribution in [0.5, 0.6) is 0 Å². The largest absolute Gasteiger partial charge is 0.385 e. The molecular weight excluding hydrogens is 328 g/mol. The lowest BCUT2D eigenvalue weighted by Gasteiger charge is -2.11. The van der Waals surface area contributed by atoms with Gasteiger partial charge in [-0.25, -0.2) is 0 Å². The second-order valence-electron chi connectivity index (χ2n) is 4.97. The molecule has 0 bridgehead atoms. The van der Waals surface area contributed by atoms with Gasteiger partial charge in [0.2, 0.25) is 0 Å². The topological polar surface area (TPSA) is 41.1 Å². The normalized spacial score (nSPS) is 10.3. The minimum atomic E-state index is -0.0950. The van der Waals surface area contributed by atoms with E-state index in [-0.39, 0.29) is 5.91 Å². The van der Waals surface area contributed by atoms with E-state index in [1.165, 1.54) is 0 Å². The smallest absolute Gasteiger partial charge is 0.255 e. The number of halogens is 1. The van der Waals surface area contributed by atoms with Gasteiger partial charge in [0.1, 0.15) is 0 Å². The SMILES string of the molecule is CCNc1ccc(C(=O)Nc2cc(Br)ccc2C)cc1C. The van der Waals surface area contributed by atoms with Crippen LogP contribution >= 0.6 is 15.9 Å². The van der Waals surface area contributed by atoms with Crippen LogP contribution in [0.1, 0.15) is 28.4 Å². The van der Waals surface area contributed by atoms with E-state index < -0.39 is 0 Å². The number of amides is 1. The van der Waals surface area contributed by atoms with Crippen molar-refractivity contribution in [3.63, 3.8) is 0 Å². The Labute approximate surface area is 133 Å². The highest BCUT2D eigenvalue weighted by Crippen LogP contribution is 2.22. The summed E-state index contributed by atoms with van der Waals surface area (Å²) in [5.74, 6) is -0.0950. The molecule has 1 amide bonds. The zero-order chi connectivity index (χ0) is 15.4. The van der Waals surface area contributed by atoms with Crippen LogP contribution in [0.25, 0.3) is 0 Å². The number of rotatable bonds is 4.